The quantitative estimate of drug-likeness (QED) is 0.512. The van der Waals surface area contributed by atoms with Gasteiger partial charge in [-0.2, -0.15) is 0 Å². The standard InChI is InChI=1S/C13H13ClN2O3/c1-8-4-10(2-3-12(8)14)19-7-11-5-9(6-18-11)13(17)16-15/h2-6H,7,15H2,1H3,(H,16,17). The maximum absolute atomic E-state index is 11.2. The topological polar surface area (TPSA) is 77.5 Å². The van der Waals surface area contributed by atoms with E-state index >= 15 is 0 Å². The lowest BCUT2D eigenvalue weighted by Crippen LogP contribution is -2.29. The lowest BCUT2D eigenvalue weighted by molar-refractivity contribution is 0.0953. The summed E-state index contributed by atoms with van der Waals surface area (Å²) in [6.07, 6.45) is 1.33. The highest BCUT2D eigenvalue weighted by atomic mass is 35.5. The number of hydrazine groups is 1. The van der Waals surface area contributed by atoms with Crippen molar-refractivity contribution in [2.75, 3.05) is 0 Å². The Morgan fingerprint density at radius 3 is 2.95 bits per heavy atom. The van der Waals surface area contributed by atoms with Crippen LogP contribution in [0.1, 0.15) is 21.7 Å². The number of rotatable bonds is 4. The van der Waals surface area contributed by atoms with E-state index in [0.717, 1.165) is 5.56 Å². The first kappa shape index (κ1) is 13.5. The number of hydrogen-bond acceptors (Lipinski definition) is 4. The van der Waals surface area contributed by atoms with Crippen LogP contribution in [-0.4, -0.2) is 5.91 Å². The van der Waals surface area contributed by atoms with Gasteiger partial charge in [0.15, 0.2) is 0 Å². The van der Waals surface area contributed by atoms with E-state index in [1.54, 1.807) is 18.2 Å². The molecule has 19 heavy (non-hydrogen) atoms. The van der Waals surface area contributed by atoms with Crippen LogP contribution in [0.2, 0.25) is 5.02 Å². The summed E-state index contributed by atoms with van der Waals surface area (Å²) in [5.74, 6) is 5.84. The summed E-state index contributed by atoms with van der Waals surface area (Å²) in [6.45, 7) is 2.12. The van der Waals surface area contributed by atoms with E-state index in [0.29, 0.717) is 22.1 Å². The van der Waals surface area contributed by atoms with E-state index in [1.807, 2.05) is 18.4 Å². The molecule has 1 amide bonds. The number of nitrogens with two attached hydrogens (primary N) is 1. The maximum atomic E-state index is 11.2. The average molecular weight is 281 g/mol. The van der Waals surface area contributed by atoms with Gasteiger partial charge in [0, 0.05) is 5.02 Å². The van der Waals surface area contributed by atoms with Gasteiger partial charge in [-0.1, -0.05) is 11.6 Å². The molecule has 0 saturated carbocycles. The number of carbonyl (C=O) groups excluding carboxylic acids is 1. The number of carbonyl (C=O) groups is 1. The summed E-state index contributed by atoms with van der Waals surface area (Å²) in [7, 11) is 0. The molecule has 0 unspecified atom stereocenters. The molecule has 5 nitrogen and oxygen atoms in total. The predicted molar refractivity (Wildman–Crippen MR) is 70.9 cm³/mol. The Hall–Kier alpha value is -1.98. The van der Waals surface area contributed by atoms with Gasteiger partial charge in [0.1, 0.15) is 24.4 Å². The molecular formula is C13H13ClN2O3. The molecule has 0 aliphatic carbocycles. The first-order chi connectivity index (χ1) is 9.10. The van der Waals surface area contributed by atoms with Crippen molar-refractivity contribution in [3.8, 4) is 5.75 Å². The van der Waals surface area contributed by atoms with Gasteiger partial charge in [0.25, 0.3) is 5.91 Å². The first-order valence-corrected chi connectivity index (χ1v) is 5.95. The molecule has 6 heteroatoms. The minimum absolute atomic E-state index is 0.221. The van der Waals surface area contributed by atoms with Crippen molar-refractivity contribution in [3.05, 3.63) is 52.4 Å². The van der Waals surface area contributed by atoms with Crippen LogP contribution in [-0.2, 0) is 6.61 Å². The normalized spacial score (nSPS) is 10.3. The Balaban J connectivity index is 2.00. The molecule has 2 aromatic rings. The van der Waals surface area contributed by atoms with Crippen LogP contribution in [0, 0.1) is 6.92 Å². The van der Waals surface area contributed by atoms with Crippen LogP contribution in [0.15, 0.2) is 34.9 Å². The second-order valence-corrected chi connectivity index (χ2v) is 4.38. The minimum atomic E-state index is -0.405. The summed E-state index contributed by atoms with van der Waals surface area (Å²) in [5.41, 5.74) is 3.31. The highest BCUT2D eigenvalue weighted by Crippen LogP contribution is 2.22. The van der Waals surface area contributed by atoms with Crippen LogP contribution in [0.25, 0.3) is 0 Å². The Kier molecular flexibility index (Phi) is 4.09. The molecule has 0 fully saturated rings. The lowest BCUT2D eigenvalue weighted by atomic mass is 10.2. The van der Waals surface area contributed by atoms with Crippen LogP contribution in [0.4, 0.5) is 0 Å². The molecular weight excluding hydrogens is 268 g/mol. The van der Waals surface area contributed by atoms with E-state index in [1.165, 1.54) is 6.26 Å². The number of hydrogen-bond donors (Lipinski definition) is 2. The predicted octanol–water partition coefficient (Wildman–Crippen LogP) is 2.42. The lowest BCUT2D eigenvalue weighted by Gasteiger charge is -2.05. The third-order valence-corrected chi connectivity index (χ3v) is 2.98. The van der Waals surface area contributed by atoms with E-state index in [-0.39, 0.29) is 6.61 Å². The van der Waals surface area contributed by atoms with Crippen LogP contribution in [0.3, 0.4) is 0 Å². The number of furan rings is 1. The van der Waals surface area contributed by atoms with Crippen molar-refractivity contribution in [3.63, 3.8) is 0 Å². The highest BCUT2D eigenvalue weighted by molar-refractivity contribution is 6.31. The molecule has 0 aliphatic rings. The smallest absolute Gasteiger partial charge is 0.268 e. The first-order valence-electron chi connectivity index (χ1n) is 5.57. The number of benzene rings is 1. The molecule has 2 rings (SSSR count). The fourth-order valence-corrected chi connectivity index (χ4v) is 1.64. The number of nitrogens with one attached hydrogen (secondary N) is 1. The van der Waals surface area contributed by atoms with Crippen LogP contribution in [0.5, 0.6) is 5.75 Å². The summed E-state index contributed by atoms with van der Waals surface area (Å²) in [4.78, 5) is 11.2. The monoisotopic (exact) mass is 280 g/mol. The Morgan fingerprint density at radius 2 is 2.26 bits per heavy atom. The van der Waals surface area contributed by atoms with Gasteiger partial charge in [0.05, 0.1) is 5.56 Å². The van der Waals surface area contributed by atoms with E-state index in [9.17, 15) is 4.79 Å². The van der Waals surface area contributed by atoms with E-state index < -0.39 is 5.91 Å². The van der Waals surface area contributed by atoms with Crippen LogP contribution >= 0.6 is 11.6 Å². The molecule has 0 aliphatic heterocycles. The highest BCUT2D eigenvalue weighted by Gasteiger charge is 2.09. The zero-order chi connectivity index (χ0) is 13.8. The van der Waals surface area contributed by atoms with Gasteiger partial charge in [-0.05, 0) is 36.8 Å². The zero-order valence-corrected chi connectivity index (χ0v) is 11.0. The van der Waals surface area contributed by atoms with E-state index in [4.69, 9.17) is 26.6 Å². The van der Waals surface area contributed by atoms with Crippen molar-refractivity contribution in [1.29, 1.82) is 0 Å². The van der Waals surface area contributed by atoms with Crippen molar-refractivity contribution < 1.29 is 13.9 Å². The number of ether oxygens (including phenoxy) is 1. The molecule has 0 saturated heterocycles. The summed E-state index contributed by atoms with van der Waals surface area (Å²) >= 11 is 5.92. The van der Waals surface area contributed by atoms with Gasteiger partial charge in [0.2, 0.25) is 0 Å². The average Bonchev–Trinajstić information content (AvgIpc) is 2.88. The largest absolute Gasteiger partial charge is 0.486 e. The van der Waals surface area contributed by atoms with Crippen molar-refractivity contribution in [1.82, 2.24) is 5.43 Å². The number of amides is 1. The second-order valence-electron chi connectivity index (χ2n) is 3.97. The van der Waals surface area contributed by atoms with Crippen molar-refractivity contribution in [2.45, 2.75) is 13.5 Å². The molecule has 1 heterocycles. The third kappa shape index (κ3) is 3.27. The fraction of sp³-hybridized carbons (Fsp3) is 0.154. The van der Waals surface area contributed by atoms with Gasteiger partial charge in [-0.3, -0.25) is 10.2 Å². The molecule has 1 aromatic carbocycles. The molecule has 0 spiro atoms. The molecule has 100 valence electrons. The number of aryl methyl sites for hydroxylation is 1. The SMILES string of the molecule is Cc1cc(OCc2cc(C(=O)NN)co2)ccc1Cl. The Labute approximate surface area is 115 Å². The third-order valence-electron chi connectivity index (χ3n) is 2.56. The van der Waals surface area contributed by atoms with Gasteiger partial charge in [-0.15, -0.1) is 0 Å². The maximum Gasteiger partial charge on any atom is 0.268 e. The molecule has 0 radical (unpaired) electrons. The summed E-state index contributed by atoms with van der Waals surface area (Å²) in [5, 5.41) is 0.687. The Morgan fingerprint density at radius 1 is 1.47 bits per heavy atom. The summed E-state index contributed by atoms with van der Waals surface area (Å²) < 4.78 is 10.7. The van der Waals surface area contributed by atoms with Crippen molar-refractivity contribution in [2.24, 2.45) is 5.84 Å². The van der Waals surface area contributed by atoms with Gasteiger partial charge in [-0.25, -0.2) is 5.84 Å². The molecule has 1 aromatic heterocycles. The van der Waals surface area contributed by atoms with Crippen LogP contribution < -0.4 is 16.0 Å². The minimum Gasteiger partial charge on any atom is -0.486 e. The second kappa shape index (κ2) is 5.77. The van der Waals surface area contributed by atoms with Crippen molar-refractivity contribution >= 4 is 17.5 Å². The number of nitrogen functional groups attached to an aromatic ring is 1. The molecule has 0 atom stereocenters. The molecule has 0 bridgehead atoms. The number of halogens is 1. The molecule has 3 N–H and O–H groups in total. The zero-order valence-electron chi connectivity index (χ0n) is 10.3. The summed E-state index contributed by atoms with van der Waals surface area (Å²) in [6, 6.07) is 6.94. The van der Waals surface area contributed by atoms with E-state index in [2.05, 4.69) is 0 Å². The van der Waals surface area contributed by atoms with Gasteiger partial charge < -0.3 is 9.15 Å². The fourth-order valence-electron chi connectivity index (χ4n) is 1.52. The Bertz CT molecular complexity index is 595. The van der Waals surface area contributed by atoms with Gasteiger partial charge >= 0.3 is 0 Å².